The van der Waals surface area contributed by atoms with Crippen molar-refractivity contribution in [1.29, 1.82) is 0 Å². The molecule has 206 valence electrons. The number of benzene rings is 2. The average Bonchev–Trinajstić information content (AvgIpc) is 3.37. The van der Waals surface area contributed by atoms with Crippen molar-refractivity contribution in [2.24, 2.45) is 5.41 Å². The van der Waals surface area contributed by atoms with Crippen LogP contribution in [-0.2, 0) is 34.2 Å². The first-order chi connectivity index (χ1) is 18.6. The van der Waals surface area contributed by atoms with E-state index in [-0.39, 0.29) is 22.8 Å². The minimum atomic E-state index is -3.91. The third-order valence-corrected chi connectivity index (χ3v) is 8.93. The summed E-state index contributed by atoms with van der Waals surface area (Å²) in [6, 6.07) is 13.9. The number of fused-ring (bicyclic) bond motifs is 1. The first kappa shape index (κ1) is 27.1. The zero-order chi connectivity index (χ0) is 27.6. The van der Waals surface area contributed by atoms with Gasteiger partial charge in [-0.2, -0.15) is 0 Å². The average molecular weight is 549 g/mol. The van der Waals surface area contributed by atoms with E-state index < -0.39 is 22.0 Å². The van der Waals surface area contributed by atoms with Gasteiger partial charge in [0.1, 0.15) is 6.04 Å². The molecule has 2 N–H and O–H groups in total. The van der Waals surface area contributed by atoms with E-state index in [2.05, 4.69) is 59.9 Å². The van der Waals surface area contributed by atoms with Gasteiger partial charge < -0.3 is 10.6 Å². The Kier molecular flexibility index (Phi) is 7.59. The number of nitrogens with zero attached hydrogens (tertiary/aromatic N) is 4. The van der Waals surface area contributed by atoms with Crippen LogP contribution in [-0.4, -0.2) is 46.2 Å². The molecule has 2 heterocycles. The van der Waals surface area contributed by atoms with Crippen LogP contribution in [0.25, 0.3) is 0 Å². The molecule has 0 fully saturated rings. The standard InChI is InChI=1S/C29H36N6O3S/c1-29(2,3)20-30-18-21-12-13-25-22(16-21)8-7-11-26(25)34-19-23(32-33-34)17-27-28(36)31-14-15-35(27)39(37,38)24-9-5-4-6-10-24/h4-6,9-10,12-16,19,26-27,30H,7-8,11,17-18,20H2,1-3H3,(H,31,36)/t26-,27-/m1/s1. The lowest BCUT2D eigenvalue weighted by Gasteiger charge is -2.31. The molecule has 5 rings (SSSR count). The van der Waals surface area contributed by atoms with Gasteiger partial charge in [0.15, 0.2) is 0 Å². The number of aryl methyl sites for hydroxylation is 1. The molecule has 0 radical (unpaired) electrons. The number of rotatable bonds is 8. The number of sulfonamides is 1. The van der Waals surface area contributed by atoms with E-state index in [0.29, 0.717) is 5.69 Å². The first-order valence-electron chi connectivity index (χ1n) is 13.4. The van der Waals surface area contributed by atoms with E-state index in [1.54, 1.807) is 18.2 Å². The van der Waals surface area contributed by atoms with Gasteiger partial charge in [0.05, 0.1) is 16.6 Å². The van der Waals surface area contributed by atoms with Crippen molar-refractivity contribution in [1.82, 2.24) is 29.9 Å². The Bertz CT molecular complexity index is 1460. The zero-order valence-electron chi connectivity index (χ0n) is 22.7. The smallest absolute Gasteiger partial charge is 0.264 e. The lowest BCUT2D eigenvalue weighted by Crippen LogP contribution is -2.50. The van der Waals surface area contributed by atoms with Gasteiger partial charge in [-0.3, -0.25) is 9.10 Å². The summed E-state index contributed by atoms with van der Waals surface area (Å²) >= 11 is 0. The number of nitrogens with one attached hydrogen (secondary N) is 2. The summed E-state index contributed by atoms with van der Waals surface area (Å²) in [5, 5.41) is 14.9. The molecule has 3 aromatic rings. The van der Waals surface area contributed by atoms with Crippen molar-refractivity contribution in [3.8, 4) is 0 Å². The van der Waals surface area contributed by atoms with Crippen molar-refractivity contribution in [3.05, 3.63) is 89.5 Å². The molecule has 39 heavy (non-hydrogen) atoms. The quantitative estimate of drug-likeness (QED) is 0.446. The lowest BCUT2D eigenvalue weighted by atomic mass is 9.86. The molecular formula is C29H36N6O3S. The highest BCUT2D eigenvalue weighted by atomic mass is 32.2. The Morgan fingerprint density at radius 1 is 1.13 bits per heavy atom. The van der Waals surface area contributed by atoms with E-state index >= 15 is 0 Å². The van der Waals surface area contributed by atoms with Gasteiger partial charge in [-0.15, -0.1) is 5.10 Å². The van der Waals surface area contributed by atoms with Crippen LogP contribution in [0.3, 0.4) is 0 Å². The molecule has 2 atom stereocenters. The predicted molar refractivity (Wildman–Crippen MR) is 149 cm³/mol. The normalized spacial score (nSPS) is 19.6. The summed E-state index contributed by atoms with van der Waals surface area (Å²) in [6.45, 7) is 8.46. The highest BCUT2D eigenvalue weighted by Gasteiger charge is 2.36. The van der Waals surface area contributed by atoms with Gasteiger partial charge >= 0.3 is 0 Å². The topological polar surface area (TPSA) is 109 Å². The van der Waals surface area contributed by atoms with Gasteiger partial charge in [-0.05, 0) is 53.5 Å². The fraction of sp³-hybridized carbons (Fsp3) is 0.414. The Morgan fingerprint density at radius 2 is 1.92 bits per heavy atom. The summed E-state index contributed by atoms with van der Waals surface area (Å²) in [6.07, 6.45) is 7.72. The van der Waals surface area contributed by atoms with Crippen molar-refractivity contribution in [2.45, 2.75) is 70.0 Å². The van der Waals surface area contributed by atoms with Gasteiger partial charge in [0, 0.05) is 38.1 Å². The molecule has 0 spiro atoms. The second kappa shape index (κ2) is 10.9. The van der Waals surface area contributed by atoms with Crippen LogP contribution in [0.1, 0.15) is 62.0 Å². The number of aromatic nitrogens is 3. The van der Waals surface area contributed by atoms with Crippen LogP contribution in [0.5, 0.6) is 0 Å². The van der Waals surface area contributed by atoms with E-state index in [1.165, 1.54) is 41.2 Å². The number of carbonyl (C=O) groups is 1. The predicted octanol–water partition coefficient (Wildman–Crippen LogP) is 3.54. The summed E-state index contributed by atoms with van der Waals surface area (Å²) in [4.78, 5) is 12.9. The van der Waals surface area contributed by atoms with E-state index in [9.17, 15) is 13.2 Å². The van der Waals surface area contributed by atoms with Crippen LogP contribution in [0, 0.1) is 5.41 Å². The van der Waals surface area contributed by atoms with Crippen LogP contribution < -0.4 is 10.6 Å². The summed E-state index contributed by atoms with van der Waals surface area (Å²) in [5.74, 6) is -0.401. The second-order valence-electron chi connectivity index (χ2n) is 11.5. The van der Waals surface area contributed by atoms with Gasteiger partial charge in [-0.25, -0.2) is 13.1 Å². The molecule has 0 unspecified atom stereocenters. The minimum Gasteiger partial charge on any atom is -0.329 e. The van der Waals surface area contributed by atoms with Crippen molar-refractivity contribution in [2.75, 3.05) is 6.54 Å². The van der Waals surface area contributed by atoms with Crippen LogP contribution >= 0.6 is 0 Å². The maximum absolute atomic E-state index is 13.3. The number of amides is 1. The maximum atomic E-state index is 13.3. The third-order valence-electron chi connectivity index (χ3n) is 7.13. The van der Waals surface area contributed by atoms with Crippen molar-refractivity contribution in [3.63, 3.8) is 0 Å². The third kappa shape index (κ3) is 6.07. The van der Waals surface area contributed by atoms with Crippen molar-refractivity contribution < 1.29 is 13.2 Å². The molecular weight excluding hydrogens is 512 g/mol. The fourth-order valence-corrected chi connectivity index (χ4v) is 6.69. The number of hydrogen-bond donors (Lipinski definition) is 2. The first-order valence-corrected chi connectivity index (χ1v) is 14.8. The van der Waals surface area contributed by atoms with Crippen molar-refractivity contribution >= 4 is 15.9 Å². The Hall–Kier alpha value is -3.50. The van der Waals surface area contributed by atoms with E-state index in [1.807, 2.05) is 10.9 Å². The molecule has 9 nitrogen and oxygen atoms in total. The molecule has 1 aliphatic carbocycles. The second-order valence-corrected chi connectivity index (χ2v) is 13.3. The number of hydrogen-bond acceptors (Lipinski definition) is 6. The van der Waals surface area contributed by atoms with E-state index in [4.69, 9.17) is 0 Å². The monoisotopic (exact) mass is 548 g/mol. The van der Waals surface area contributed by atoms with Crippen LogP contribution in [0.15, 0.2) is 72.0 Å². The summed E-state index contributed by atoms with van der Waals surface area (Å²) < 4.78 is 29.6. The maximum Gasteiger partial charge on any atom is 0.264 e. The zero-order valence-corrected chi connectivity index (χ0v) is 23.5. The largest absolute Gasteiger partial charge is 0.329 e. The molecule has 2 aliphatic rings. The van der Waals surface area contributed by atoms with E-state index in [0.717, 1.165) is 36.7 Å². The Morgan fingerprint density at radius 3 is 2.69 bits per heavy atom. The fourth-order valence-electron chi connectivity index (χ4n) is 5.22. The molecule has 2 aromatic carbocycles. The molecule has 10 heteroatoms. The lowest BCUT2D eigenvalue weighted by molar-refractivity contribution is -0.124. The molecule has 1 aliphatic heterocycles. The molecule has 0 saturated heterocycles. The molecule has 1 aromatic heterocycles. The molecule has 0 bridgehead atoms. The molecule has 0 saturated carbocycles. The number of carbonyl (C=O) groups excluding carboxylic acids is 1. The SMILES string of the molecule is CC(C)(C)CNCc1ccc2c(c1)CCC[C@H]2n1cc(C[C@@H]2C(=O)NC=CN2S(=O)(=O)c2ccccc2)nn1. The molecule has 1 amide bonds. The summed E-state index contributed by atoms with van der Waals surface area (Å²) in [7, 11) is -3.91. The highest BCUT2D eigenvalue weighted by Crippen LogP contribution is 2.33. The van der Waals surface area contributed by atoms with Gasteiger partial charge in [-0.1, -0.05) is 62.4 Å². The Labute approximate surface area is 230 Å². The van der Waals surface area contributed by atoms with Gasteiger partial charge in [0.2, 0.25) is 5.91 Å². The van der Waals surface area contributed by atoms with Crippen LogP contribution in [0.2, 0.25) is 0 Å². The minimum absolute atomic E-state index is 0.0517. The Balaban J connectivity index is 1.33. The highest BCUT2D eigenvalue weighted by molar-refractivity contribution is 7.89. The van der Waals surface area contributed by atoms with Crippen LogP contribution in [0.4, 0.5) is 0 Å². The van der Waals surface area contributed by atoms with Gasteiger partial charge in [0.25, 0.3) is 10.0 Å². The summed E-state index contributed by atoms with van der Waals surface area (Å²) in [5.41, 5.74) is 4.64.